The van der Waals surface area contributed by atoms with E-state index in [9.17, 15) is 14.9 Å². The number of nitrogens with zero attached hydrogens (tertiary/aromatic N) is 3. The molecule has 0 heterocycles. The zero-order chi connectivity index (χ0) is 23.6. The molecule has 0 saturated heterocycles. The van der Waals surface area contributed by atoms with Gasteiger partial charge in [0.15, 0.2) is 5.71 Å². The van der Waals surface area contributed by atoms with Gasteiger partial charge in [0.1, 0.15) is 19.5 Å². The highest BCUT2D eigenvalue weighted by Crippen LogP contribution is 2.20. The van der Waals surface area contributed by atoms with E-state index in [1.165, 1.54) is 37.6 Å². The van der Waals surface area contributed by atoms with Crippen LogP contribution in [-0.2, 0) is 16.2 Å². The summed E-state index contributed by atoms with van der Waals surface area (Å²) in [5, 5.41) is 18.5. The molecule has 0 radical (unpaired) electrons. The van der Waals surface area contributed by atoms with Gasteiger partial charge in [-0.3, -0.25) is 14.9 Å². The summed E-state index contributed by atoms with van der Waals surface area (Å²) in [6.07, 6.45) is 1.37. The number of nitrogens with one attached hydrogen (secondary N) is 1. The number of rotatable bonds is 9. The first-order valence-corrected chi connectivity index (χ1v) is 9.95. The number of benzene rings is 3. The normalized spacial score (nSPS) is 11.3. The highest BCUT2D eigenvalue weighted by atomic mass is 16.6. The second-order valence-corrected chi connectivity index (χ2v) is 6.88. The molecular formula is C24H22N4O5. The van der Waals surface area contributed by atoms with Gasteiger partial charge in [-0.1, -0.05) is 47.6 Å². The summed E-state index contributed by atoms with van der Waals surface area (Å²) in [6, 6.07) is 20.6. The number of hydrogen-bond acceptors (Lipinski definition) is 7. The number of nitro groups is 1. The molecule has 0 bridgehead atoms. The van der Waals surface area contributed by atoms with Crippen molar-refractivity contribution in [1.29, 1.82) is 0 Å². The molecule has 1 amide bonds. The Morgan fingerprint density at radius 3 is 2.45 bits per heavy atom. The molecule has 0 aliphatic heterocycles. The minimum Gasteiger partial charge on any atom is -0.489 e. The number of aryl methyl sites for hydroxylation is 1. The summed E-state index contributed by atoms with van der Waals surface area (Å²) in [6.45, 7) is 2.18. The Morgan fingerprint density at radius 2 is 1.76 bits per heavy atom. The Bertz CT molecular complexity index is 1190. The molecule has 9 nitrogen and oxygen atoms in total. The average molecular weight is 446 g/mol. The molecule has 3 aromatic rings. The lowest BCUT2D eigenvalue weighted by Gasteiger charge is -2.13. The van der Waals surface area contributed by atoms with Gasteiger partial charge >= 0.3 is 0 Å². The molecule has 0 atom stereocenters. The fourth-order valence-corrected chi connectivity index (χ4v) is 2.96. The SMILES string of the molecule is CO/N=C(/C(=O)N/N=C/c1ccc([N+](=O)[O-])cc1)c1ccccc1COc1ccccc1C. The number of para-hydroxylation sites is 1. The van der Waals surface area contributed by atoms with E-state index in [1.807, 2.05) is 43.3 Å². The maximum atomic E-state index is 12.8. The number of hydrazone groups is 1. The summed E-state index contributed by atoms with van der Waals surface area (Å²) in [5.74, 6) is 0.160. The van der Waals surface area contributed by atoms with Crippen LogP contribution in [0.1, 0.15) is 22.3 Å². The van der Waals surface area contributed by atoms with Crippen LogP contribution in [0.2, 0.25) is 0 Å². The van der Waals surface area contributed by atoms with E-state index in [0.29, 0.717) is 11.1 Å². The topological polar surface area (TPSA) is 115 Å². The molecule has 168 valence electrons. The van der Waals surface area contributed by atoms with Gasteiger partial charge in [0, 0.05) is 17.7 Å². The fraction of sp³-hybridized carbons (Fsp3) is 0.125. The van der Waals surface area contributed by atoms with E-state index in [0.717, 1.165) is 16.9 Å². The van der Waals surface area contributed by atoms with Gasteiger partial charge < -0.3 is 9.57 Å². The third-order valence-electron chi connectivity index (χ3n) is 4.63. The molecule has 33 heavy (non-hydrogen) atoms. The van der Waals surface area contributed by atoms with Crippen molar-refractivity contribution in [3.63, 3.8) is 0 Å². The average Bonchev–Trinajstić information content (AvgIpc) is 2.82. The minimum atomic E-state index is -0.585. The molecule has 9 heteroatoms. The molecule has 0 aromatic heterocycles. The standard InChI is InChI=1S/C24H22N4O5/c1-17-7-3-6-10-22(17)33-16-19-8-4-5-9-21(19)23(27-32-2)24(29)26-25-15-18-11-13-20(14-12-18)28(30)31/h3-15H,16H2,1-2H3,(H,26,29)/b25-15+,27-23+. The molecule has 0 unspecified atom stereocenters. The third kappa shape index (κ3) is 6.23. The highest BCUT2D eigenvalue weighted by molar-refractivity contribution is 6.45. The van der Waals surface area contributed by atoms with Crippen LogP contribution >= 0.6 is 0 Å². The van der Waals surface area contributed by atoms with E-state index in [4.69, 9.17) is 9.57 Å². The lowest BCUT2D eigenvalue weighted by molar-refractivity contribution is -0.384. The lowest BCUT2D eigenvalue weighted by atomic mass is 10.0. The molecule has 1 N–H and O–H groups in total. The molecule has 0 aliphatic rings. The molecule has 3 rings (SSSR count). The van der Waals surface area contributed by atoms with Crippen LogP contribution < -0.4 is 10.2 Å². The molecule has 0 saturated carbocycles. The predicted molar refractivity (Wildman–Crippen MR) is 124 cm³/mol. The smallest absolute Gasteiger partial charge is 0.294 e. The maximum Gasteiger partial charge on any atom is 0.294 e. The van der Waals surface area contributed by atoms with Gasteiger partial charge in [-0.25, -0.2) is 5.43 Å². The van der Waals surface area contributed by atoms with Gasteiger partial charge in [-0.15, -0.1) is 0 Å². The van der Waals surface area contributed by atoms with E-state index < -0.39 is 10.8 Å². The van der Waals surface area contributed by atoms with E-state index in [2.05, 4.69) is 15.7 Å². The van der Waals surface area contributed by atoms with Crippen LogP contribution in [0.25, 0.3) is 0 Å². The van der Waals surface area contributed by atoms with Crippen LogP contribution in [0, 0.1) is 17.0 Å². The first kappa shape index (κ1) is 23.1. The summed E-state index contributed by atoms with van der Waals surface area (Å²) >= 11 is 0. The van der Waals surface area contributed by atoms with Gasteiger partial charge in [0.2, 0.25) is 0 Å². The fourth-order valence-electron chi connectivity index (χ4n) is 2.96. The summed E-state index contributed by atoms with van der Waals surface area (Å²) in [4.78, 5) is 27.9. The Morgan fingerprint density at radius 1 is 1.06 bits per heavy atom. The van der Waals surface area contributed by atoms with Crippen molar-refractivity contribution in [2.45, 2.75) is 13.5 Å². The highest BCUT2D eigenvalue weighted by Gasteiger charge is 2.18. The molecule has 3 aromatic carbocycles. The number of oxime groups is 1. The Labute approximate surface area is 190 Å². The minimum absolute atomic E-state index is 0.0299. The van der Waals surface area contributed by atoms with Crippen molar-refractivity contribution < 1.29 is 19.3 Å². The molecule has 0 aliphatic carbocycles. The molecule has 0 spiro atoms. The Kier molecular flexibility index (Phi) is 7.85. The number of ether oxygens (including phenoxy) is 1. The summed E-state index contributed by atoms with van der Waals surface area (Å²) in [7, 11) is 1.35. The monoisotopic (exact) mass is 446 g/mol. The Hall–Kier alpha value is -4.53. The Balaban J connectivity index is 1.74. The van der Waals surface area contributed by atoms with Crippen molar-refractivity contribution in [2.75, 3.05) is 7.11 Å². The van der Waals surface area contributed by atoms with E-state index >= 15 is 0 Å². The van der Waals surface area contributed by atoms with Gasteiger partial charge in [0.25, 0.3) is 11.6 Å². The van der Waals surface area contributed by atoms with Crippen LogP contribution in [0.3, 0.4) is 0 Å². The molecular weight excluding hydrogens is 424 g/mol. The molecule has 0 fully saturated rings. The first-order valence-electron chi connectivity index (χ1n) is 9.95. The van der Waals surface area contributed by atoms with Crippen LogP contribution in [0.5, 0.6) is 5.75 Å². The van der Waals surface area contributed by atoms with E-state index in [1.54, 1.807) is 12.1 Å². The second-order valence-electron chi connectivity index (χ2n) is 6.88. The zero-order valence-corrected chi connectivity index (χ0v) is 18.1. The number of hydrogen-bond donors (Lipinski definition) is 1. The van der Waals surface area contributed by atoms with Gasteiger partial charge in [-0.05, 0) is 41.8 Å². The second kappa shape index (κ2) is 11.2. The number of amides is 1. The van der Waals surface area contributed by atoms with E-state index in [-0.39, 0.29) is 18.0 Å². The van der Waals surface area contributed by atoms with Crippen molar-refractivity contribution >= 4 is 23.5 Å². The lowest BCUT2D eigenvalue weighted by Crippen LogP contribution is -2.29. The quantitative estimate of drug-likeness (QED) is 0.303. The van der Waals surface area contributed by atoms with Gasteiger partial charge in [-0.2, -0.15) is 5.10 Å². The third-order valence-corrected chi connectivity index (χ3v) is 4.63. The van der Waals surface area contributed by atoms with Crippen molar-refractivity contribution in [3.8, 4) is 5.75 Å². The zero-order valence-electron chi connectivity index (χ0n) is 18.1. The number of non-ortho nitro benzene ring substituents is 1. The van der Waals surface area contributed by atoms with Crippen LogP contribution in [-0.4, -0.2) is 29.9 Å². The van der Waals surface area contributed by atoms with Crippen molar-refractivity contribution in [3.05, 3.63) is 105 Å². The number of nitro benzene ring substituents is 1. The van der Waals surface area contributed by atoms with Crippen molar-refractivity contribution in [2.24, 2.45) is 10.3 Å². The van der Waals surface area contributed by atoms with Crippen molar-refractivity contribution in [1.82, 2.24) is 5.43 Å². The summed E-state index contributed by atoms with van der Waals surface area (Å²) in [5.41, 5.74) is 5.27. The van der Waals surface area contributed by atoms with Crippen LogP contribution in [0.15, 0.2) is 83.1 Å². The summed E-state index contributed by atoms with van der Waals surface area (Å²) < 4.78 is 5.93. The maximum absolute atomic E-state index is 12.8. The van der Waals surface area contributed by atoms with Gasteiger partial charge in [0.05, 0.1) is 11.1 Å². The number of carbonyl (C=O) groups is 1. The largest absolute Gasteiger partial charge is 0.489 e. The first-order chi connectivity index (χ1) is 16.0. The number of carbonyl (C=O) groups excluding carboxylic acids is 1. The van der Waals surface area contributed by atoms with Crippen LogP contribution in [0.4, 0.5) is 5.69 Å². The predicted octanol–water partition coefficient (Wildman–Crippen LogP) is 3.98.